The van der Waals surface area contributed by atoms with E-state index in [0.29, 0.717) is 34.1 Å². The van der Waals surface area contributed by atoms with Crippen molar-refractivity contribution in [1.29, 1.82) is 0 Å². The summed E-state index contributed by atoms with van der Waals surface area (Å²) in [6.45, 7) is 0.161. The van der Waals surface area contributed by atoms with Crippen LogP contribution in [-0.4, -0.2) is 25.7 Å². The Morgan fingerprint density at radius 1 is 0.909 bits per heavy atom. The molecular weight excluding hydrogens is 424 g/mol. The first-order chi connectivity index (χ1) is 16.1. The van der Waals surface area contributed by atoms with Gasteiger partial charge in [-0.25, -0.2) is 0 Å². The van der Waals surface area contributed by atoms with Gasteiger partial charge in [0, 0.05) is 11.5 Å². The molecule has 0 amide bonds. The highest BCUT2D eigenvalue weighted by atomic mass is 16.7. The van der Waals surface area contributed by atoms with Gasteiger partial charge in [0.15, 0.2) is 17.3 Å². The summed E-state index contributed by atoms with van der Waals surface area (Å²) in [4.78, 5) is 25.5. The average Bonchev–Trinajstić information content (AvgIpc) is 3.43. The predicted octanol–water partition coefficient (Wildman–Crippen LogP) is 4.48. The van der Waals surface area contributed by atoms with Crippen LogP contribution in [0.5, 0.6) is 28.7 Å². The topological polar surface area (TPSA) is 80.3 Å². The average molecular weight is 442 g/mol. The van der Waals surface area contributed by atoms with Crippen molar-refractivity contribution in [3.63, 3.8) is 0 Å². The van der Waals surface area contributed by atoms with Crippen LogP contribution in [0.4, 0.5) is 0 Å². The van der Waals surface area contributed by atoms with Crippen molar-refractivity contribution in [2.75, 3.05) is 13.9 Å². The van der Waals surface area contributed by atoms with Crippen LogP contribution in [0.3, 0.4) is 0 Å². The monoisotopic (exact) mass is 442 g/mol. The highest BCUT2D eigenvalue weighted by molar-refractivity contribution is 6.15. The lowest BCUT2D eigenvalue weighted by atomic mass is 9.84. The number of esters is 1. The van der Waals surface area contributed by atoms with Gasteiger partial charge in [-0.15, -0.1) is 0 Å². The van der Waals surface area contributed by atoms with E-state index >= 15 is 0 Å². The molecule has 3 aliphatic heterocycles. The minimum absolute atomic E-state index is 0.123. The van der Waals surface area contributed by atoms with Crippen molar-refractivity contribution in [1.82, 2.24) is 0 Å². The molecule has 3 aromatic rings. The first-order valence-electron chi connectivity index (χ1n) is 10.5. The lowest BCUT2D eigenvalue weighted by Gasteiger charge is -2.26. The molecule has 7 heteroatoms. The van der Waals surface area contributed by atoms with E-state index in [-0.39, 0.29) is 36.6 Å². The Morgan fingerprint density at radius 3 is 2.52 bits per heavy atom. The Morgan fingerprint density at radius 2 is 1.70 bits per heavy atom. The lowest BCUT2D eigenvalue weighted by molar-refractivity contribution is -0.135. The highest BCUT2D eigenvalue weighted by Gasteiger charge is 2.38. The zero-order valence-corrected chi connectivity index (χ0v) is 17.6. The molecule has 3 aliphatic rings. The van der Waals surface area contributed by atoms with Crippen LogP contribution in [0.1, 0.15) is 39.4 Å². The van der Waals surface area contributed by atoms with E-state index in [1.54, 1.807) is 25.3 Å². The molecule has 164 valence electrons. The number of fused-ring (bicyclic) bond motifs is 4. The number of methoxy groups -OCH3 is 1. The smallest absolute Gasteiger partial charge is 0.312 e. The quantitative estimate of drug-likeness (QED) is 0.336. The number of allylic oxidation sites excluding steroid dienone is 1. The molecule has 0 aromatic heterocycles. The predicted molar refractivity (Wildman–Crippen MR) is 117 cm³/mol. The maximum atomic E-state index is 13.1. The summed E-state index contributed by atoms with van der Waals surface area (Å²) < 4.78 is 27.7. The van der Waals surface area contributed by atoms with E-state index in [9.17, 15) is 9.59 Å². The molecule has 6 rings (SSSR count). The molecular formula is C26H18O7. The number of carbonyl (C=O) groups is 2. The Labute approximate surface area is 189 Å². The second kappa shape index (κ2) is 7.41. The number of Topliss-reactive ketones (excluding diaryl/α,β-unsaturated/α-hetero) is 1. The first kappa shape index (κ1) is 19.4. The summed E-state index contributed by atoms with van der Waals surface area (Å²) in [5.41, 5.74) is 2.78. The van der Waals surface area contributed by atoms with Crippen molar-refractivity contribution in [2.45, 2.75) is 12.3 Å². The Bertz CT molecular complexity index is 1340. The molecule has 3 aromatic carbocycles. The van der Waals surface area contributed by atoms with Gasteiger partial charge < -0.3 is 23.7 Å². The molecule has 0 saturated carbocycles. The Balaban J connectivity index is 1.42. The van der Waals surface area contributed by atoms with E-state index in [0.717, 1.165) is 16.9 Å². The summed E-state index contributed by atoms with van der Waals surface area (Å²) in [5.74, 6) is 2.13. The molecule has 0 fully saturated rings. The zero-order chi connectivity index (χ0) is 22.5. The number of hydrogen-bond donors (Lipinski definition) is 0. The number of ketones is 1. The maximum absolute atomic E-state index is 13.1. The van der Waals surface area contributed by atoms with Crippen LogP contribution in [0.25, 0.3) is 6.08 Å². The normalized spacial score (nSPS) is 19.1. The molecule has 1 atom stereocenters. The van der Waals surface area contributed by atoms with E-state index in [1.165, 1.54) is 0 Å². The van der Waals surface area contributed by atoms with Crippen LogP contribution in [-0.2, 0) is 4.79 Å². The third-order valence-corrected chi connectivity index (χ3v) is 5.99. The molecule has 33 heavy (non-hydrogen) atoms. The summed E-state index contributed by atoms with van der Waals surface area (Å²) in [7, 11) is 1.60. The lowest BCUT2D eigenvalue weighted by Crippen LogP contribution is -2.21. The fourth-order valence-corrected chi connectivity index (χ4v) is 4.37. The van der Waals surface area contributed by atoms with Gasteiger partial charge in [0.05, 0.1) is 19.1 Å². The van der Waals surface area contributed by atoms with Crippen molar-refractivity contribution in [2.24, 2.45) is 0 Å². The molecule has 0 aliphatic carbocycles. The Kier molecular flexibility index (Phi) is 4.36. The number of rotatable bonds is 3. The van der Waals surface area contributed by atoms with Crippen molar-refractivity contribution >= 4 is 17.8 Å². The fraction of sp³-hybridized carbons (Fsp3) is 0.154. The maximum Gasteiger partial charge on any atom is 0.312 e. The van der Waals surface area contributed by atoms with Crippen LogP contribution >= 0.6 is 0 Å². The van der Waals surface area contributed by atoms with Crippen LogP contribution < -0.4 is 23.7 Å². The molecule has 1 unspecified atom stereocenters. The molecule has 3 heterocycles. The Hall–Kier alpha value is -4.26. The third kappa shape index (κ3) is 3.20. The zero-order valence-electron chi connectivity index (χ0n) is 17.6. The molecule has 0 bridgehead atoms. The summed E-state index contributed by atoms with van der Waals surface area (Å²) in [6, 6.07) is 16.2. The van der Waals surface area contributed by atoms with Crippen molar-refractivity contribution in [3.8, 4) is 28.7 Å². The number of hydrogen-bond acceptors (Lipinski definition) is 7. The van der Waals surface area contributed by atoms with Gasteiger partial charge in [0.2, 0.25) is 12.6 Å². The fourth-order valence-electron chi connectivity index (χ4n) is 4.37. The van der Waals surface area contributed by atoms with Gasteiger partial charge in [-0.3, -0.25) is 9.59 Å². The third-order valence-electron chi connectivity index (χ3n) is 5.99. The second-order valence-corrected chi connectivity index (χ2v) is 7.91. The van der Waals surface area contributed by atoms with Crippen molar-refractivity contribution in [3.05, 3.63) is 82.6 Å². The summed E-state index contributed by atoms with van der Waals surface area (Å²) in [6.07, 6.45) is 1.82. The number of ether oxygens (including phenoxy) is 5. The molecule has 0 N–H and O–H groups in total. The van der Waals surface area contributed by atoms with E-state index in [2.05, 4.69) is 0 Å². The van der Waals surface area contributed by atoms with Gasteiger partial charge in [-0.2, -0.15) is 0 Å². The van der Waals surface area contributed by atoms with Gasteiger partial charge in [-0.05, 0) is 53.6 Å². The van der Waals surface area contributed by atoms with E-state index < -0.39 is 0 Å². The first-order valence-corrected chi connectivity index (χ1v) is 10.5. The number of benzene rings is 3. The van der Waals surface area contributed by atoms with Crippen molar-refractivity contribution < 1.29 is 33.3 Å². The molecule has 0 saturated heterocycles. The molecule has 7 nitrogen and oxygen atoms in total. The van der Waals surface area contributed by atoms with E-state index in [4.69, 9.17) is 23.7 Å². The second-order valence-electron chi connectivity index (χ2n) is 7.91. The number of carbonyl (C=O) groups excluding carboxylic acids is 2. The minimum Gasteiger partial charge on any atom is -0.497 e. The van der Waals surface area contributed by atoms with Gasteiger partial charge in [0.1, 0.15) is 17.2 Å². The molecule has 0 spiro atoms. The summed E-state index contributed by atoms with van der Waals surface area (Å²) >= 11 is 0. The largest absolute Gasteiger partial charge is 0.497 e. The van der Waals surface area contributed by atoms with E-state index in [1.807, 2.05) is 42.5 Å². The van der Waals surface area contributed by atoms with Crippen LogP contribution in [0, 0.1) is 0 Å². The molecule has 0 radical (unpaired) electrons. The van der Waals surface area contributed by atoms with Gasteiger partial charge in [-0.1, -0.05) is 18.2 Å². The van der Waals surface area contributed by atoms with Gasteiger partial charge in [0.25, 0.3) is 0 Å². The minimum atomic E-state index is -0.348. The standard InChI is InChI=1S/C26H18O7/c1-29-16-5-2-14(3-6-16)10-22-25(28)17-7-9-20-24(26(17)33-22)18(12-23(27)32-20)15-4-8-19-21(11-15)31-13-30-19/h2-11,18H,12-13H2,1H3/b22-10-. The SMILES string of the molecule is COc1ccc(/C=C2\Oc3c(ccc4c3C(c3ccc5c(c3)OCO5)CC(=O)O4)C2=O)cc1. The van der Waals surface area contributed by atoms with Crippen LogP contribution in [0.2, 0.25) is 0 Å². The highest BCUT2D eigenvalue weighted by Crippen LogP contribution is 2.50. The van der Waals surface area contributed by atoms with Gasteiger partial charge >= 0.3 is 5.97 Å². The van der Waals surface area contributed by atoms with Crippen LogP contribution in [0.15, 0.2) is 60.4 Å². The summed E-state index contributed by atoms with van der Waals surface area (Å²) in [5, 5.41) is 0.